The van der Waals surface area contributed by atoms with Gasteiger partial charge in [0.15, 0.2) is 0 Å². The number of amides is 2. The minimum absolute atomic E-state index is 0.147. The summed E-state index contributed by atoms with van der Waals surface area (Å²) in [5, 5.41) is 10.2. The molecule has 9 nitrogen and oxygen atoms in total. The van der Waals surface area contributed by atoms with Crippen molar-refractivity contribution in [1.82, 2.24) is 14.7 Å². The number of hydrogen-bond donors (Lipinski definition) is 1. The molecule has 0 saturated carbocycles. The predicted octanol–water partition coefficient (Wildman–Crippen LogP) is -0.770. The summed E-state index contributed by atoms with van der Waals surface area (Å²) in [6, 6.07) is 6.56. The number of aliphatic hydroxyl groups is 1. The Balaban J connectivity index is 1.39. The Kier molecular flexibility index (Phi) is 4.66. The quantitative estimate of drug-likeness (QED) is 0.506. The maximum Gasteiger partial charge on any atom is 0.337 e. The molecule has 0 radical (unpaired) electrons. The van der Waals surface area contributed by atoms with Crippen LogP contribution < -0.4 is 0 Å². The molecule has 4 aliphatic rings. The predicted molar refractivity (Wildman–Crippen MR) is 103 cm³/mol. The third-order valence-corrected chi connectivity index (χ3v) is 6.81. The summed E-state index contributed by atoms with van der Waals surface area (Å²) in [6.45, 7) is 2.94. The Labute approximate surface area is 174 Å². The van der Waals surface area contributed by atoms with Crippen LogP contribution in [-0.2, 0) is 25.6 Å². The third kappa shape index (κ3) is 2.88. The van der Waals surface area contributed by atoms with Gasteiger partial charge in [-0.15, -0.1) is 0 Å². The Morgan fingerprint density at radius 2 is 1.93 bits per heavy atom. The molecule has 4 heterocycles. The molecule has 2 atom stereocenters. The summed E-state index contributed by atoms with van der Waals surface area (Å²) in [7, 11) is 1.32. The van der Waals surface area contributed by atoms with Crippen molar-refractivity contribution in [2.75, 3.05) is 40.0 Å². The van der Waals surface area contributed by atoms with E-state index >= 15 is 0 Å². The van der Waals surface area contributed by atoms with Crippen molar-refractivity contribution in [3.8, 4) is 0 Å². The highest BCUT2D eigenvalue weighted by atomic mass is 16.5. The van der Waals surface area contributed by atoms with Gasteiger partial charge in [0, 0.05) is 19.6 Å². The van der Waals surface area contributed by atoms with Crippen molar-refractivity contribution in [1.29, 1.82) is 0 Å². The average Bonchev–Trinajstić information content (AvgIpc) is 3.07. The molecule has 9 heteroatoms. The Morgan fingerprint density at radius 1 is 1.23 bits per heavy atom. The molecule has 0 aromatic heterocycles. The van der Waals surface area contributed by atoms with Gasteiger partial charge in [0.1, 0.15) is 5.54 Å². The molecule has 4 saturated heterocycles. The number of carbonyl (C=O) groups is 3. The highest BCUT2D eigenvalue weighted by Gasteiger charge is 2.65. The van der Waals surface area contributed by atoms with Crippen LogP contribution in [0.1, 0.15) is 22.3 Å². The van der Waals surface area contributed by atoms with Crippen molar-refractivity contribution in [2.24, 2.45) is 0 Å². The number of carbonyl (C=O) groups excluding carboxylic acids is 3. The second kappa shape index (κ2) is 7.12. The first-order valence-corrected chi connectivity index (χ1v) is 10.2. The lowest BCUT2D eigenvalue weighted by Gasteiger charge is -2.61. The summed E-state index contributed by atoms with van der Waals surface area (Å²) in [4.78, 5) is 43.8. The van der Waals surface area contributed by atoms with E-state index in [4.69, 9.17) is 9.47 Å². The summed E-state index contributed by atoms with van der Waals surface area (Å²) >= 11 is 0. The van der Waals surface area contributed by atoms with Gasteiger partial charge in [-0.25, -0.2) is 4.79 Å². The van der Waals surface area contributed by atoms with Crippen LogP contribution in [0.5, 0.6) is 0 Å². The maximum atomic E-state index is 13.5. The number of nitrogens with zero attached hydrogens (tertiary/aromatic N) is 3. The van der Waals surface area contributed by atoms with Gasteiger partial charge in [0.2, 0.25) is 5.91 Å². The van der Waals surface area contributed by atoms with Crippen molar-refractivity contribution in [3.63, 3.8) is 0 Å². The fourth-order valence-corrected chi connectivity index (χ4v) is 5.01. The molecule has 30 heavy (non-hydrogen) atoms. The van der Waals surface area contributed by atoms with Crippen molar-refractivity contribution >= 4 is 17.8 Å². The SMILES string of the molecule is COC(=O)c1ccc(CN2C(=O)[C@@H]3C[C@@H](O)CN3C3(CN(C4COC4)C3)C2=O)cc1. The molecule has 160 valence electrons. The number of esters is 1. The van der Waals surface area contributed by atoms with Crippen LogP contribution >= 0.6 is 0 Å². The molecule has 2 amide bonds. The normalized spacial score (nSPS) is 28.9. The number of fused-ring (bicyclic) bond motifs is 2. The number of rotatable bonds is 4. The zero-order valence-electron chi connectivity index (χ0n) is 16.8. The van der Waals surface area contributed by atoms with E-state index in [1.54, 1.807) is 24.3 Å². The lowest BCUT2D eigenvalue weighted by atomic mass is 9.81. The number of piperazine rings is 1. The Morgan fingerprint density at radius 3 is 2.53 bits per heavy atom. The number of likely N-dealkylation sites (tertiary alicyclic amines) is 1. The topological polar surface area (TPSA) is 99.6 Å². The Bertz CT molecular complexity index is 877. The number of ether oxygens (including phenoxy) is 2. The molecule has 4 fully saturated rings. The smallest absolute Gasteiger partial charge is 0.337 e. The second-order valence-corrected chi connectivity index (χ2v) is 8.60. The minimum Gasteiger partial charge on any atom is -0.465 e. The number of aliphatic hydroxyl groups excluding tert-OH is 1. The van der Waals surface area contributed by atoms with Gasteiger partial charge in [0.05, 0.1) is 50.6 Å². The van der Waals surface area contributed by atoms with Crippen LogP contribution in [0.4, 0.5) is 0 Å². The maximum absolute atomic E-state index is 13.5. The Hall–Kier alpha value is -2.33. The molecule has 1 N–H and O–H groups in total. The number of methoxy groups -OCH3 is 1. The van der Waals surface area contributed by atoms with E-state index in [0.29, 0.717) is 50.9 Å². The van der Waals surface area contributed by atoms with Gasteiger partial charge in [-0.3, -0.25) is 24.3 Å². The molecule has 1 spiro atoms. The van der Waals surface area contributed by atoms with Crippen LogP contribution in [0.3, 0.4) is 0 Å². The molecule has 0 unspecified atom stereocenters. The molecule has 0 aliphatic carbocycles. The fourth-order valence-electron chi connectivity index (χ4n) is 5.01. The van der Waals surface area contributed by atoms with E-state index < -0.39 is 23.7 Å². The number of β-amino-alcohol motifs (C(OH)–C–C–N with tert-alkyl or cyclic N) is 1. The second-order valence-electron chi connectivity index (χ2n) is 8.60. The largest absolute Gasteiger partial charge is 0.465 e. The minimum atomic E-state index is -0.766. The van der Waals surface area contributed by atoms with Crippen molar-refractivity contribution in [3.05, 3.63) is 35.4 Å². The van der Waals surface area contributed by atoms with Crippen LogP contribution in [0.25, 0.3) is 0 Å². The van der Waals surface area contributed by atoms with Gasteiger partial charge < -0.3 is 14.6 Å². The van der Waals surface area contributed by atoms with Crippen molar-refractivity contribution in [2.45, 2.75) is 36.7 Å². The van der Waals surface area contributed by atoms with Gasteiger partial charge >= 0.3 is 5.97 Å². The van der Waals surface area contributed by atoms with Gasteiger partial charge in [-0.05, 0) is 24.1 Å². The zero-order valence-corrected chi connectivity index (χ0v) is 16.8. The van der Waals surface area contributed by atoms with Crippen LogP contribution in [-0.4, -0.2) is 101 Å². The molecule has 4 aliphatic heterocycles. The van der Waals surface area contributed by atoms with E-state index in [2.05, 4.69) is 4.90 Å². The molecule has 5 rings (SSSR count). The third-order valence-electron chi connectivity index (χ3n) is 6.81. The average molecular weight is 415 g/mol. The first-order chi connectivity index (χ1) is 14.4. The summed E-state index contributed by atoms with van der Waals surface area (Å²) < 4.78 is 9.98. The lowest BCUT2D eigenvalue weighted by Crippen LogP contribution is -2.83. The first-order valence-electron chi connectivity index (χ1n) is 10.2. The molecule has 1 aromatic carbocycles. The molecule has 0 bridgehead atoms. The van der Waals surface area contributed by atoms with E-state index in [9.17, 15) is 19.5 Å². The van der Waals surface area contributed by atoms with E-state index in [1.165, 1.54) is 12.0 Å². The highest BCUT2D eigenvalue weighted by Crippen LogP contribution is 2.42. The van der Waals surface area contributed by atoms with Gasteiger partial charge in [0.25, 0.3) is 5.91 Å². The summed E-state index contributed by atoms with van der Waals surface area (Å²) in [6.07, 6.45) is -0.262. The van der Waals surface area contributed by atoms with Crippen molar-refractivity contribution < 1.29 is 29.0 Å². The van der Waals surface area contributed by atoms with Crippen LogP contribution in [0.2, 0.25) is 0 Å². The molecular formula is C21H25N3O6. The van der Waals surface area contributed by atoms with Gasteiger partial charge in [-0.1, -0.05) is 12.1 Å². The monoisotopic (exact) mass is 415 g/mol. The van der Waals surface area contributed by atoms with E-state index in [0.717, 1.165) is 5.56 Å². The zero-order chi connectivity index (χ0) is 21.0. The summed E-state index contributed by atoms with van der Waals surface area (Å²) in [5.74, 6) is -0.897. The van der Waals surface area contributed by atoms with E-state index in [-0.39, 0.29) is 18.4 Å². The van der Waals surface area contributed by atoms with Crippen LogP contribution in [0.15, 0.2) is 24.3 Å². The summed E-state index contributed by atoms with van der Waals surface area (Å²) in [5.41, 5.74) is 0.406. The highest BCUT2D eigenvalue weighted by molar-refractivity contribution is 6.06. The van der Waals surface area contributed by atoms with Crippen LogP contribution in [0, 0.1) is 0 Å². The molecule has 1 aromatic rings. The first kappa shape index (κ1) is 19.6. The molecular weight excluding hydrogens is 390 g/mol. The number of benzene rings is 1. The van der Waals surface area contributed by atoms with E-state index in [1.807, 2.05) is 4.90 Å². The number of imide groups is 1. The number of hydrogen-bond acceptors (Lipinski definition) is 8. The standard InChI is InChI=1S/C21H25N3O6/c1-29-19(27)14-4-2-13(3-5-14)7-23-18(26)17-6-16(25)8-24(17)21(20(23)28)11-22(12-21)15-9-30-10-15/h2-5,15-17,25H,6-12H2,1H3/t16-,17+/m1/s1. The fraction of sp³-hybridized carbons (Fsp3) is 0.571. The van der Waals surface area contributed by atoms with Gasteiger partial charge in [-0.2, -0.15) is 0 Å². The lowest BCUT2D eigenvalue weighted by molar-refractivity contribution is -0.193.